The van der Waals surface area contributed by atoms with Crippen molar-refractivity contribution in [1.29, 1.82) is 0 Å². The van der Waals surface area contributed by atoms with Gasteiger partial charge in [-0.15, -0.1) is 0 Å². The highest BCUT2D eigenvalue weighted by molar-refractivity contribution is 5.30. The molecule has 1 N–H and O–H groups in total. The standard InChI is InChI=1S/C15H21N3O/c1-12(11-18-9-5-8-16-18)17-13(2)14-6-4-7-15(10-14)19-3/h4-10,12-13,17H,11H2,1-3H3. The van der Waals surface area contributed by atoms with Crippen molar-refractivity contribution in [3.63, 3.8) is 0 Å². The Morgan fingerprint density at radius 2 is 2.16 bits per heavy atom. The molecule has 4 heteroatoms. The molecule has 0 aliphatic carbocycles. The highest BCUT2D eigenvalue weighted by Gasteiger charge is 2.10. The van der Waals surface area contributed by atoms with E-state index in [9.17, 15) is 0 Å². The first-order chi connectivity index (χ1) is 9.19. The largest absolute Gasteiger partial charge is 0.497 e. The molecule has 0 saturated carbocycles. The number of hydrogen-bond acceptors (Lipinski definition) is 3. The predicted octanol–water partition coefficient (Wildman–Crippen LogP) is 2.63. The molecule has 0 radical (unpaired) electrons. The van der Waals surface area contributed by atoms with Crippen molar-refractivity contribution in [2.24, 2.45) is 0 Å². The van der Waals surface area contributed by atoms with Crippen LogP contribution in [-0.4, -0.2) is 22.9 Å². The van der Waals surface area contributed by atoms with Crippen molar-refractivity contribution in [2.75, 3.05) is 7.11 Å². The van der Waals surface area contributed by atoms with Gasteiger partial charge in [0, 0.05) is 24.5 Å². The Morgan fingerprint density at radius 3 is 2.84 bits per heavy atom. The summed E-state index contributed by atoms with van der Waals surface area (Å²) in [6.07, 6.45) is 3.78. The van der Waals surface area contributed by atoms with Crippen LogP contribution in [0, 0.1) is 0 Å². The van der Waals surface area contributed by atoms with Crippen LogP contribution < -0.4 is 10.1 Å². The molecule has 0 aliphatic rings. The van der Waals surface area contributed by atoms with Crippen LogP contribution in [0.1, 0.15) is 25.5 Å². The van der Waals surface area contributed by atoms with Gasteiger partial charge >= 0.3 is 0 Å². The van der Waals surface area contributed by atoms with Crippen LogP contribution >= 0.6 is 0 Å². The quantitative estimate of drug-likeness (QED) is 0.866. The molecule has 2 atom stereocenters. The molecule has 4 nitrogen and oxygen atoms in total. The summed E-state index contributed by atoms with van der Waals surface area (Å²) in [6, 6.07) is 10.7. The Morgan fingerprint density at radius 1 is 1.32 bits per heavy atom. The molecule has 1 aromatic heterocycles. The van der Waals surface area contributed by atoms with E-state index in [1.54, 1.807) is 13.3 Å². The third-order valence-electron chi connectivity index (χ3n) is 3.15. The maximum absolute atomic E-state index is 5.25. The number of aromatic nitrogens is 2. The monoisotopic (exact) mass is 259 g/mol. The topological polar surface area (TPSA) is 39.1 Å². The normalized spacial score (nSPS) is 14.1. The van der Waals surface area contributed by atoms with Gasteiger partial charge in [-0.1, -0.05) is 12.1 Å². The molecule has 0 amide bonds. The first kappa shape index (κ1) is 13.6. The Balaban J connectivity index is 1.94. The number of methoxy groups -OCH3 is 1. The smallest absolute Gasteiger partial charge is 0.119 e. The summed E-state index contributed by atoms with van der Waals surface area (Å²) in [4.78, 5) is 0. The van der Waals surface area contributed by atoms with Gasteiger partial charge in [0.05, 0.1) is 13.7 Å². The number of ether oxygens (including phenoxy) is 1. The third-order valence-corrected chi connectivity index (χ3v) is 3.15. The van der Waals surface area contributed by atoms with E-state index >= 15 is 0 Å². The molecule has 0 bridgehead atoms. The minimum Gasteiger partial charge on any atom is -0.497 e. The molecule has 1 heterocycles. The Kier molecular flexibility index (Phi) is 4.58. The lowest BCUT2D eigenvalue weighted by molar-refractivity contribution is 0.403. The van der Waals surface area contributed by atoms with Gasteiger partial charge < -0.3 is 10.1 Å². The van der Waals surface area contributed by atoms with E-state index in [-0.39, 0.29) is 6.04 Å². The number of benzene rings is 1. The van der Waals surface area contributed by atoms with Crippen molar-refractivity contribution in [2.45, 2.75) is 32.5 Å². The maximum atomic E-state index is 5.25. The fraction of sp³-hybridized carbons (Fsp3) is 0.400. The maximum Gasteiger partial charge on any atom is 0.119 e. The van der Waals surface area contributed by atoms with Gasteiger partial charge in [-0.3, -0.25) is 4.68 Å². The molecule has 102 valence electrons. The van der Waals surface area contributed by atoms with Crippen LogP contribution in [0.2, 0.25) is 0 Å². The summed E-state index contributed by atoms with van der Waals surface area (Å²) in [5.41, 5.74) is 1.23. The van der Waals surface area contributed by atoms with E-state index in [2.05, 4.69) is 36.4 Å². The molecule has 0 spiro atoms. The summed E-state index contributed by atoms with van der Waals surface area (Å²) in [6.45, 7) is 5.19. The number of nitrogens with zero attached hydrogens (tertiary/aromatic N) is 2. The average Bonchev–Trinajstić information content (AvgIpc) is 2.91. The molecule has 1 aromatic carbocycles. The van der Waals surface area contributed by atoms with Gasteiger partial charge in [-0.25, -0.2) is 0 Å². The van der Waals surface area contributed by atoms with Crippen molar-refractivity contribution in [1.82, 2.24) is 15.1 Å². The second-order valence-corrected chi connectivity index (χ2v) is 4.79. The third kappa shape index (κ3) is 3.83. The van der Waals surface area contributed by atoms with Crippen LogP contribution in [0.15, 0.2) is 42.7 Å². The van der Waals surface area contributed by atoms with Crippen LogP contribution in [0.4, 0.5) is 0 Å². The van der Waals surface area contributed by atoms with Crippen molar-refractivity contribution in [3.05, 3.63) is 48.3 Å². The van der Waals surface area contributed by atoms with Gasteiger partial charge in [0.2, 0.25) is 0 Å². The van der Waals surface area contributed by atoms with Gasteiger partial charge in [0.15, 0.2) is 0 Å². The fourth-order valence-electron chi connectivity index (χ4n) is 2.18. The minimum absolute atomic E-state index is 0.278. The predicted molar refractivity (Wildman–Crippen MR) is 76.2 cm³/mol. The van der Waals surface area contributed by atoms with E-state index in [1.807, 2.05) is 29.1 Å². The van der Waals surface area contributed by atoms with Gasteiger partial charge in [0.25, 0.3) is 0 Å². The average molecular weight is 259 g/mol. The second kappa shape index (κ2) is 6.38. The molecule has 19 heavy (non-hydrogen) atoms. The van der Waals surface area contributed by atoms with Crippen molar-refractivity contribution >= 4 is 0 Å². The Hall–Kier alpha value is -1.81. The molecule has 2 aromatic rings. The molecule has 0 aliphatic heterocycles. The molecule has 2 rings (SSSR count). The molecular formula is C15H21N3O. The fourth-order valence-corrected chi connectivity index (χ4v) is 2.18. The van der Waals surface area contributed by atoms with Crippen LogP contribution in [-0.2, 0) is 6.54 Å². The Bertz CT molecular complexity index is 496. The highest BCUT2D eigenvalue weighted by Crippen LogP contribution is 2.19. The number of nitrogens with one attached hydrogen (secondary N) is 1. The molecule has 2 unspecified atom stereocenters. The summed E-state index contributed by atoms with van der Waals surface area (Å²) < 4.78 is 7.19. The van der Waals surface area contributed by atoms with E-state index < -0.39 is 0 Å². The zero-order chi connectivity index (χ0) is 13.7. The lowest BCUT2D eigenvalue weighted by atomic mass is 10.1. The summed E-state index contributed by atoms with van der Waals surface area (Å²) in [5.74, 6) is 0.894. The van der Waals surface area contributed by atoms with E-state index in [1.165, 1.54) is 5.56 Å². The summed E-state index contributed by atoms with van der Waals surface area (Å²) >= 11 is 0. The van der Waals surface area contributed by atoms with E-state index in [4.69, 9.17) is 4.74 Å². The number of hydrogen-bond donors (Lipinski definition) is 1. The van der Waals surface area contributed by atoms with Crippen LogP contribution in [0.25, 0.3) is 0 Å². The van der Waals surface area contributed by atoms with Gasteiger partial charge in [-0.05, 0) is 37.6 Å². The Labute approximate surface area is 114 Å². The lowest BCUT2D eigenvalue weighted by Gasteiger charge is -2.20. The molecular weight excluding hydrogens is 238 g/mol. The second-order valence-electron chi connectivity index (χ2n) is 4.79. The van der Waals surface area contributed by atoms with Gasteiger partial charge in [0.1, 0.15) is 5.75 Å². The lowest BCUT2D eigenvalue weighted by Crippen LogP contribution is -2.32. The van der Waals surface area contributed by atoms with Crippen molar-refractivity contribution in [3.8, 4) is 5.75 Å². The zero-order valence-corrected chi connectivity index (χ0v) is 11.7. The van der Waals surface area contributed by atoms with Crippen LogP contribution in [0.5, 0.6) is 5.75 Å². The summed E-state index contributed by atoms with van der Waals surface area (Å²) in [7, 11) is 1.69. The van der Waals surface area contributed by atoms with Crippen molar-refractivity contribution < 1.29 is 4.74 Å². The molecule has 0 fully saturated rings. The zero-order valence-electron chi connectivity index (χ0n) is 11.7. The summed E-state index contributed by atoms with van der Waals surface area (Å²) in [5, 5.41) is 7.79. The van der Waals surface area contributed by atoms with E-state index in [0.29, 0.717) is 6.04 Å². The van der Waals surface area contributed by atoms with Crippen LogP contribution in [0.3, 0.4) is 0 Å². The first-order valence-electron chi connectivity index (χ1n) is 6.56. The minimum atomic E-state index is 0.278. The van der Waals surface area contributed by atoms with Gasteiger partial charge in [-0.2, -0.15) is 5.10 Å². The van der Waals surface area contributed by atoms with E-state index in [0.717, 1.165) is 12.3 Å². The SMILES string of the molecule is COc1cccc(C(C)NC(C)Cn2cccn2)c1. The molecule has 0 saturated heterocycles. The first-order valence-corrected chi connectivity index (χ1v) is 6.56. The highest BCUT2D eigenvalue weighted by atomic mass is 16.5. The number of rotatable bonds is 6.